The molecule has 1 aromatic rings. The molecule has 0 saturated carbocycles. The lowest BCUT2D eigenvalue weighted by Crippen LogP contribution is -2.45. The van der Waals surface area contributed by atoms with E-state index in [1.54, 1.807) is 7.11 Å². The zero-order valence-electron chi connectivity index (χ0n) is 14.1. The number of rotatable bonds is 5. The number of benzene rings is 1. The van der Waals surface area contributed by atoms with Crippen molar-refractivity contribution in [2.75, 3.05) is 33.4 Å². The van der Waals surface area contributed by atoms with Crippen LogP contribution in [0.1, 0.15) is 42.7 Å². The van der Waals surface area contributed by atoms with Crippen molar-refractivity contribution in [3.63, 3.8) is 0 Å². The fraction of sp³-hybridized carbons (Fsp3) is 0.632. The summed E-state index contributed by atoms with van der Waals surface area (Å²) in [5.41, 5.74) is 2.98. The van der Waals surface area contributed by atoms with Crippen molar-refractivity contribution >= 4 is 6.03 Å². The second-order valence-corrected chi connectivity index (χ2v) is 6.84. The lowest BCUT2D eigenvalue weighted by atomic mass is 9.97. The van der Waals surface area contributed by atoms with Crippen molar-refractivity contribution in [1.82, 2.24) is 10.2 Å². The van der Waals surface area contributed by atoms with Gasteiger partial charge in [0, 0.05) is 33.4 Å². The minimum atomic E-state index is 0.104. The lowest BCUT2D eigenvalue weighted by molar-refractivity contribution is 0.107. The standard InChI is InChI=1S/C19H28N2O2/c1-23-14-15-9-12-21(13-10-15)19(22)20-11-8-17-7-6-16-4-2-3-5-18(16)17/h2-5,15,17H,6-14H2,1H3,(H,20,22). The molecular formula is C19H28N2O2. The van der Waals surface area contributed by atoms with E-state index in [-0.39, 0.29) is 6.03 Å². The third kappa shape index (κ3) is 4.05. The molecule has 1 N–H and O–H groups in total. The maximum Gasteiger partial charge on any atom is 0.317 e. The summed E-state index contributed by atoms with van der Waals surface area (Å²) in [6, 6.07) is 8.83. The molecule has 0 spiro atoms. The largest absolute Gasteiger partial charge is 0.384 e. The molecule has 126 valence electrons. The smallest absolute Gasteiger partial charge is 0.317 e. The molecule has 1 heterocycles. The fourth-order valence-electron chi connectivity index (χ4n) is 3.95. The third-order valence-electron chi connectivity index (χ3n) is 5.33. The third-order valence-corrected chi connectivity index (χ3v) is 5.33. The number of amides is 2. The minimum absolute atomic E-state index is 0.104. The van der Waals surface area contributed by atoms with Gasteiger partial charge in [0.15, 0.2) is 0 Å². The number of carbonyl (C=O) groups excluding carboxylic acids is 1. The predicted octanol–water partition coefficient (Wildman–Crippen LogP) is 3.17. The summed E-state index contributed by atoms with van der Waals surface area (Å²) in [6.07, 6.45) is 5.55. The number of urea groups is 1. The molecule has 1 fully saturated rings. The molecule has 1 aliphatic carbocycles. The van der Waals surface area contributed by atoms with Crippen molar-refractivity contribution in [2.24, 2.45) is 5.92 Å². The molecule has 0 bridgehead atoms. The van der Waals surface area contributed by atoms with Gasteiger partial charge in [0.2, 0.25) is 0 Å². The number of carbonyl (C=O) groups is 1. The topological polar surface area (TPSA) is 41.6 Å². The molecule has 0 radical (unpaired) electrons. The van der Waals surface area contributed by atoms with Crippen LogP contribution in [0, 0.1) is 5.92 Å². The van der Waals surface area contributed by atoms with Crippen LogP contribution in [0.3, 0.4) is 0 Å². The van der Waals surface area contributed by atoms with Crippen molar-refractivity contribution < 1.29 is 9.53 Å². The van der Waals surface area contributed by atoms with E-state index < -0.39 is 0 Å². The molecule has 1 saturated heterocycles. The van der Waals surface area contributed by atoms with Gasteiger partial charge in [-0.15, -0.1) is 0 Å². The van der Waals surface area contributed by atoms with Crippen LogP contribution in [-0.4, -0.2) is 44.3 Å². The van der Waals surface area contributed by atoms with Gasteiger partial charge in [-0.1, -0.05) is 24.3 Å². The Morgan fingerprint density at radius 1 is 1.26 bits per heavy atom. The van der Waals surface area contributed by atoms with Crippen molar-refractivity contribution in [1.29, 1.82) is 0 Å². The van der Waals surface area contributed by atoms with Crippen LogP contribution in [0.4, 0.5) is 4.79 Å². The average molecular weight is 316 g/mol. The van der Waals surface area contributed by atoms with Gasteiger partial charge in [0.05, 0.1) is 0 Å². The molecule has 2 aliphatic rings. The number of piperidine rings is 1. The van der Waals surface area contributed by atoms with E-state index in [9.17, 15) is 4.79 Å². The highest BCUT2D eigenvalue weighted by Gasteiger charge is 2.24. The van der Waals surface area contributed by atoms with Gasteiger partial charge in [-0.25, -0.2) is 4.79 Å². The molecule has 1 aromatic carbocycles. The molecular weight excluding hydrogens is 288 g/mol. The summed E-state index contributed by atoms with van der Waals surface area (Å²) >= 11 is 0. The van der Waals surface area contributed by atoms with E-state index in [0.29, 0.717) is 11.8 Å². The van der Waals surface area contributed by atoms with Gasteiger partial charge in [-0.2, -0.15) is 0 Å². The van der Waals surface area contributed by atoms with Crippen LogP contribution in [0.5, 0.6) is 0 Å². The van der Waals surface area contributed by atoms with E-state index in [4.69, 9.17) is 4.74 Å². The monoisotopic (exact) mass is 316 g/mol. The zero-order valence-corrected chi connectivity index (χ0v) is 14.1. The normalized spacial score (nSPS) is 21.3. The summed E-state index contributed by atoms with van der Waals surface area (Å²) < 4.78 is 5.21. The van der Waals surface area contributed by atoms with Gasteiger partial charge in [-0.3, -0.25) is 0 Å². The molecule has 2 amide bonds. The van der Waals surface area contributed by atoms with E-state index in [2.05, 4.69) is 29.6 Å². The summed E-state index contributed by atoms with van der Waals surface area (Å²) in [6.45, 7) is 3.30. The van der Waals surface area contributed by atoms with E-state index >= 15 is 0 Å². The first-order chi connectivity index (χ1) is 11.3. The number of fused-ring (bicyclic) bond motifs is 1. The van der Waals surface area contributed by atoms with Gasteiger partial charge >= 0.3 is 6.03 Å². The molecule has 23 heavy (non-hydrogen) atoms. The number of nitrogens with zero attached hydrogens (tertiary/aromatic N) is 1. The predicted molar refractivity (Wildman–Crippen MR) is 91.7 cm³/mol. The number of ether oxygens (including phenoxy) is 1. The molecule has 1 unspecified atom stereocenters. The highest BCUT2D eigenvalue weighted by atomic mass is 16.5. The van der Waals surface area contributed by atoms with Gasteiger partial charge < -0.3 is 15.0 Å². The highest BCUT2D eigenvalue weighted by molar-refractivity contribution is 5.74. The zero-order chi connectivity index (χ0) is 16.1. The average Bonchev–Trinajstić information content (AvgIpc) is 2.99. The lowest BCUT2D eigenvalue weighted by Gasteiger charge is -2.31. The van der Waals surface area contributed by atoms with E-state index in [1.165, 1.54) is 24.0 Å². The van der Waals surface area contributed by atoms with E-state index in [1.807, 2.05) is 4.90 Å². The highest BCUT2D eigenvalue weighted by Crippen LogP contribution is 2.34. The van der Waals surface area contributed by atoms with Gasteiger partial charge in [0.1, 0.15) is 0 Å². The number of hydrogen-bond donors (Lipinski definition) is 1. The Bertz CT molecular complexity index is 524. The van der Waals surface area contributed by atoms with Crippen LogP contribution in [0.15, 0.2) is 24.3 Å². The van der Waals surface area contributed by atoms with Crippen molar-refractivity contribution in [3.05, 3.63) is 35.4 Å². The first kappa shape index (κ1) is 16.3. The molecule has 1 atom stereocenters. The van der Waals surface area contributed by atoms with Gasteiger partial charge in [-0.05, 0) is 55.1 Å². The quantitative estimate of drug-likeness (QED) is 0.906. The number of methoxy groups -OCH3 is 1. The number of likely N-dealkylation sites (tertiary alicyclic amines) is 1. The molecule has 0 aromatic heterocycles. The molecule has 1 aliphatic heterocycles. The maximum absolute atomic E-state index is 12.3. The maximum atomic E-state index is 12.3. The van der Waals surface area contributed by atoms with Crippen molar-refractivity contribution in [2.45, 2.75) is 38.0 Å². The molecule has 4 heteroatoms. The minimum Gasteiger partial charge on any atom is -0.384 e. The molecule has 4 nitrogen and oxygen atoms in total. The number of hydrogen-bond acceptors (Lipinski definition) is 2. The van der Waals surface area contributed by atoms with Crippen molar-refractivity contribution in [3.8, 4) is 0 Å². The Kier molecular flexibility index (Phi) is 5.55. The van der Waals surface area contributed by atoms with Gasteiger partial charge in [0.25, 0.3) is 0 Å². The SMILES string of the molecule is COCC1CCN(C(=O)NCCC2CCc3ccccc32)CC1. The van der Waals surface area contributed by atoms with E-state index in [0.717, 1.165) is 45.5 Å². The number of nitrogens with one attached hydrogen (secondary N) is 1. The Balaban J connectivity index is 1.39. The van der Waals surface area contributed by atoms with Crippen LogP contribution < -0.4 is 5.32 Å². The first-order valence-electron chi connectivity index (χ1n) is 8.87. The van der Waals surface area contributed by atoms with Crippen LogP contribution >= 0.6 is 0 Å². The summed E-state index contributed by atoms with van der Waals surface area (Å²) in [5, 5.41) is 3.11. The Morgan fingerprint density at radius 2 is 2.04 bits per heavy atom. The fourth-order valence-corrected chi connectivity index (χ4v) is 3.95. The Hall–Kier alpha value is -1.55. The van der Waals surface area contributed by atoms with Crippen LogP contribution in [0.2, 0.25) is 0 Å². The van der Waals surface area contributed by atoms with Crippen LogP contribution in [0.25, 0.3) is 0 Å². The second-order valence-electron chi connectivity index (χ2n) is 6.84. The summed E-state index contributed by atoms with van der Waals surface area (Å²) in [5.74, 6) is 1.22. The summed E-state index contributed by atoms with van der Waals surface area (Å²) in [7, 11) is 1.75. The molecule has 3 rings (SSSR count). The number of aryl methyl sites for hydroxylation is 1. The first-order valence-corrected chi connectivity index (χ1v) is 8.87. The summed E-state index contributed by atoms with van der Waals surface area (Å²) in [4.78, 5) is 14.2. The Morgan fingerprint density at radius 3 is 2.83 bits per heavy atom. The Labute approximate surface area is 139 Å². The second kappa shape index (κ2) is 7.82. The van der Waals surface area contributed by atoms with Crippen LogP contribution in [-0.2, 0) is 11.2 Å².